The number of hydrogen-bond acceptors (Lipinski definition) is 2. The fourth-order valence-corrected chi connectivity index (χ4v) is 4.57. The van der Waals surface area contributed by atoms with Crippen LogP contribution in [-0.2, 0) is 0 Å². The van der Waals surface area contributed by atoms with E-state index >= 15 is 0 Å². The van der Waals surface area contributed by atoms with Crippen molar-refractivity contribution in [3.8, 4) is 0 Å². The van der Waals surface area contributed by atoms with E-state index in [0.29, 0.717) is 11.6 Å². The van der Waals surface area contributed by atoms with Gasteiger partial charge in [-0.2, -0.15) is 0 Å². The minimum Gasteiger partial charge on any atom is -0.311 e. The van der Waals surface area contributed by atoms with Crippen molar-refractivity contribution in [3.05, 3.63) is 0 Å². The first-order valence-corrected chi connectivity index (χ1v) is 9.67. The van der Waals surface area contributed by atoms with Crippen LogP contribution in [0.5, 0.6) is 0 Å². The Balaban J connectivity index is 2.15. The van der Waals surface area contributed by atoms with Crippen molar-refractivity contribution in [1.29, 1.82) is 0 Å². The van der Waals surface area contributed by atoms with Crippen LogP contribution in [0, 0.1) is 5.92 Å². The smallest absolute Gasteiger partial charge is 0.0332 e. The van der Waals surface area contributed by atoms with Crippen LogP contribution in [-0.4, -0.2) is 35.6 Å². The van der Waals surface area contributed by atoms with Gasteiger partial charge in [-0.1, -0.05) is 59.8 Å². The average molecular weight is 295 g/mol. The second-order valence-electron chi connectivity index (χ2n) is 7.60. The fourth-order valence-electron chi connectivity index (χ4n) is 4.57. The predicted molar refractivity (Wildman–Crippen MR) is 92.8 cm³/mol. The van der Waals surface area contributed by atoms with Gasteiger partial charge >= 0.3 is 0 Å². The Morgan fingerprint density at radius 2 is 1.67 bits per heavy atom. The number of nitrogens with zero attached hydrogens (tertiary/aromatic N) is 1. The van der Waals surface area contributed by atoms with E-state index in [0.717, 1.165) is 12.0 Å². The summed E-state index contributed by atoms with van der Waals surface area (Å²) in [5.74, 6) is 0.796. The third-order valence-electron chi connectivity index (χ3n) is 6.61. The molecular formula is C19H38N2. The van der Waals surface area contributed by atoms with Gasteiger partial charge in [0.05, 0.1) is 0 Å². The maximum Gasteiger partial charge on any atom is 0.0332 e. The average Bonchev–Trinajstić information content (AvgIpc) is 2.82. The van der Waals surface area contributed by atoms with Crippen LogP contribution in [0.15, 0.2) is 0 Å². The molecule has 1 aliphatic heterocycles. The molecule has 1 saturated carbocycles. The summed E-state index contributed by atoms with van der Waals surface area (Å²) in [6, 6.07) is 1.55. The van der Waals surface area contributed by atoms with Crippen LogP contribution in [0.4, 0.5) is 0 Å². The molecule has 0 radical (unpaired) electrons. The van der Waals surface area contributed by atoms with Crippen LogP contribution in [0.2, 0.25) is 0 Å². The Bertz CT molecular complexity index is 290. The molecule has 0 aromatic heterocycles. The van der Waals surface area contributed by atoms with E-state index in [4.69, 9.17) is 0 Å². The van der Waals surface area contributed by atoms with Gasteiger partial charge in [0.1, 0.15) is 0 Å². The van der Waals surface area contributed by atoms with Crippen molar-refractivity contribution in [2.24, 2.45) is 5.92 Å². The second-order valence-corrected chi connectivity index (χ2v) is 7.60. The van der Waals surface area contributed by atoms with Crippen LogP contribution in [0.3, 0.4) is 0 Å². The van der Waals surface area contributed by atoms with Gasteiger partial charge in [0.2, 0.25) is 0 Å². The van der Waals surface area contributed by atoms with E-state index in [-0.39, 0.29) is 0 Å². The summed E-state index contributed by atoms with van der Waals surface area (Å²) < 4.78 is 0. The largest absolute Gasteiger partial charge is 0.311 e. The molecule has 1 aliphatic carbocycles. The Kier molecular flexibility index (Phi) is 6.55. The van der Waals surface area contributed by atoms with Gasteiger partial charge in [-0.15, -0.1) is 0 Å². The molecule has 2 unspecified atom stereocenters. The molecule has 2 aliphatic rings. The molecule has 2 atom stereocenters. The van der Waals surface area contributed by atoms with Gasteiger partial charge in [0.15, 0.2) is 0 Å². The second kappa shape index (κ2) is 7.97. The lowest BCUT2D eigenvalue weighted by Gasteiger charge is -2.54. The molecule has 2 nitrogen and oxygen atoms in total. The van der Waals surface area contributed by atoms with Crippen molar-refractivity contribution in [1.82, 2.24) is 10.2 Å². The van der Waals surface area contributed by atoms with Gasteiger partial charge in [-0.25, -0.2) is 0 Å². The van der Waals surface area contributed by atoms with Crippen molar-refractivity contribution < 1.29 is 0 Å². The van der Waals surface area contributed by atoms with E-state index in [1.165, 1.54) is 70.9 Å². The number of hydrogen-bond donors (Lipinski definition) is 1. The van der Waals surface area contributed by atoms with Crippen molar-refractivity contribution >= 4 is 0 Å². The van der Waals surface area contributed by atoms with Crippen molar-refractivity contribution in [2.45, 2.75) is 103 Å². The van der Waals surface area contributed by atoms with Crippen LogP contribution in [0.1, 0.15) is 85.5 Å². The van der Waals surface area contributed by atoms with Crippen LogP contribution in [0.25, 0.3) is 0 Å². The van der Waals surface area contributed by atoms with E-state index in [2.05, 4.69) is 37.9 Å². The molecule has 0 aromatic rings. The van der Waals surface area contributed by atoms with Gasteiger partial charge in [-0.05, 0) is 31.6 Å². The highest BCUT2D eigenvalue weighted by molar-refractivity contribution is 5.01. The first-order chi connectivity index (χ1) is 10.2. The lowest BCUT2D eigenvalue weighted by molar-refractivity contribution is -0.0185. The Morgan fingerprint density at radius 1 is 1.05 bits per heavy atom. The molecule has 1 saturated heterocycles. The van der Waals surface area contributed by atoms with E-state index < -0.39 is 0 Å². The fraction of sp³-hybridized carbons (Fsp3) is 1.00. The van der Waals surface area contributed by atoms with Crippen LogP contribution >= 0.6 is 0 Å². The molecule has 1 heterocycles. The van der Waals surface area contributed by atoms with Gasteiger partial charge in [0.25, 0.3) is 0 Å². The quantitative estimate of drug-likeness (QED) is 0.746. The molecule has 0 amide bonds. The predicted octanol–water partition coefficient (Wildman–Crippen LogP) is 4.59. The van der Waals surface area contributed by atoms with E-state index in [1.54, 1.807) is 0 Å². The van der Waals surface area contributed by atoms with Crippen molar-refractivity contribution in [3.63, 3.8) is 0 Å². The summed E-state index contributed by atoms with van der Waals surface area (Å²) in [6.07, 6.45) is 12.6. The Labute approximate surface area is 133 Å². The lowest BCUT2D eigenvalue weighted by atomic mass is 9.82. The zero-order valence-corrected chi connectivity index (χ0v) is 15.0. The zero-order valence-electron chi connectivity index (χ0n) is 15.0. The summed E-state index contributed by atoms with van der Waals surface area (Å²) in [5, 5.41) is 3.91. The maximum atomic E-state index is 3.91. The summed E-state index contributed by atoms with van der Waals surface area (Å²) >= 11 is 0. The lowest BCUT2D eigenvalue weighted by Crippen LogP contribution is -2.67. The molecule has 0 spiro atoms. The van der Waals surface area contributed by atoms with Crippen LogP contribution < -0.4 is 5.32 Å². The zero-order chi connectivity index (χ0) is 15.3. The maximum absolute atomic E-state index is 3.91. The number of piperazine rings is 1. The topological polar surface area (TPSA) is 15.3 Å². The first-order valence-electron chi connectivity index (χ1n) is 9.67. The van der Waals surface area contributed by atoms with Gasteiger partial charge in [-0.3, -0.25) is 4.90 Å². The Hall–Kier alpha value is -0.0800. The number of nitrogens with one attached hydrogen (secondary N) is 1. The minimum absolute atomic E-state index is 0.416. The third-order valence-corrected chi connectivity index (χ3v) is 6.61. The molecule has 0 aromatic carbocycles. The third kappa shape index (κ3) is 3.82. The molecule has 2 heteroatoms. The van der Waals surface area contributed by atoms with E-state index in [1.807, 2.05) is 0 Å². The minimum atomic E-state index is 0.416. The molecule has 21 heavy (non-hydrogen) atoms. The summed E-state index contributed by atoms with van der Waals surface area (Å²) in [6.45, 7) is 12.0. The summed E-state index contributed by atoms with van der Waals surface area (Å²) in [5.41, 5.74) is 0.416. The first kappa shape index (κ1) is 17.3. The molecule has 0 bridgehead atoms. The Morgan fingerprint density at radius 3 is 2.19 bits per heavy atom. The standard InChI is InChI=1S/C19H38N2/c1-5-16(4)18-14-21(17-12-10-8-9-11-13-17)19(6-2,7-3)15-20-18/h16-18,20H,5-15H2,1-4H3. The highest BCUT2D eigenvalue weighted by Crippen LogP contribution is 2.35. The van der Waals surface area contributed by atoms with Gasteiger partial charge in [0, 0.05) is 30.7 Å². The highest BCUT2D eigenvalue weighted by atomic mass is 15.3. The van der Waals surface area contributed by atoms with Crippen molar-refractivity contribution in [2.75, 3.05) is 13.1 Å². The normalized spacial score (nSPS) is 30.0. The summed E-state index contributed by atoms with van der Waals surface area (Å²) in [7, 11) is 0. The molecular weight excluding hydrogens is 256 g/mol. The molecule has 124 valence electrons. The SMILES string of the molecule is CCC(C)C1CN(C2CCCCCC2)C(CC)(CC)CN1. The molecule has 2 fully saturated rings. The van der Waals surface area contributed by atoms with Gasteiger partial charge < -0.3 is 5.32 Å². The van der Waals surface area contributed by atoms with E-state index in [9.17, 15) is 0 Å². The highest BCUT2D eigenvalue weighted by Gasteiger charge is 2.42. The molecule has 1 N–H and O–H groups in total. The number of rotatable bonds is 5. The monoisotopic (exact) mass is 294 g/mol. The molecule has 2 rings (SSSR count). The summed E-state index contributed by atoms with van der Waals surface area (Å²) in [4.78, 5) is 2.96.